The minimum absolute atomic E-state index is 0.324. The lowest BCUT2D eigenvalue weighted by atomic mass is 9.94. The van der Waals surface area contributed by atoms with Gasteiger partial charge in [0, 0.05) is 46.5 Å². The van der Waals surface area contributed by atoms with E-state index in [2.05, 4.69) is 16.0 Å². The molecule has 1 aliphatic heterocycles. The Hall–Kier alpha value is -1.48. The van der Waals surface area contributed by atoms with Crippen molar-refractivity contribution in [3.8, 4) is 0 Å². The molecular weight excluding hydrogens is 284 g/mol. The molecule has 0 spiro atoms. The summed E-state index contributed by atoms with van der Waals surface area (Å²) in [5.41, 5.74) is 2.36. The Morgan fingerprint density at radius 2 is 2.10 bits per heavy atom. The van der Waals surface area contributed by atoms with Gasteiger partial charge in [0.15, 0.2) is 0 Å². The van der Waals surface area contributed by atoms with Crippen molar-refractivity contribution in [1.82, 2.24) is 9.88 Å². The number of likely N-dealkylation sites (tertiary alicyclic amines) is 1. The van der Waals surface area contributed by atoms with Gasteiger partial charge in [-0.1, -0.05) is 11.6 Å². The number of aromatic nitrogens is 1. The standard InChI is InChI=1S/C17H19ClN2O/c18-14-5-6-15-13(8-14)9-16(19-15)12-2-1-7-20(10-12)17(21)11-3-4-11/h5-6,8-9,11-12,19H,1-4,7,10H2. The molecule has 1 amide bonds. The van der Waals surface area contributed by atoms with Gasteiger partial charge in [-0.2, -0.15) is 0 Å². The monoisotopic (exact) mass is 302 g/mol. The molecule has 1 aliphatic carbocycles. The van der Waals surface area contributed by atoms with Gasteiger partial charge >= 0.3 is 0 Å². The molecule has 2 aliphatic rings. The summed E-state index contributed by atoms with van der Waals surface area (Å²) in [7, 11) is 0. The van der Waals surface area contributed by atoms with Crippen LogP contribution >= 0.6 is 11.6 Å². The van der Waals surface area contributed by atoms with E-state index in [4.69, 9.17) is 11.6 Å². The van der Waals surface area contributed by atoms with Gasteiger partial charge in [0.25, 0.3) is 0 Å². The number of rotatable bonds is 2. The zero-order valence-electron chi connectivity index (χ0n) is 11.9. The molecular formula is C17H19ClN2O. The normalized spacial score (nSPS) is 22.7. The van der Waals surface area contributed by atoms with Crippen molar-refractivity contribution < 1.29 is 4.79 Å². The maximum Gasteiger partial charge on any atom is 0.225 e. The van der Waals surface area contributed by atoms with Crippen LogP contribution in [0.3, 0.4) is 0 Å². The van der Waals surface area contributed by atoms with E-state index in [1.165, 1.54) is 5.69 Å². The smallest absolute Gasteiger partial charge is 0.225 e. The Balaban J connectivity index is 1.57. The van der Waals surface area contributed by atoms with Crippen LogP contribution < -0.4 is 0 Å². The van der Waals surface area contributed by atoms with Crippen molar-refractivity contribution in [3.05, 3.63) is 35.0 Å². The van der Waals surface area contributed by atoms with Gasteiger partial charge < -0.3 is 9.88 Å². The predicted octanol–water partition coefficient (Wildman–Crippen LogP) is 3.94. The van der Waals surface area contributed by atoms with Crippen LogP contribution in [0.2, 0.25) is 5.02 Å². The number of benzene rings is 1. The molecule has 21 heavy (non-hydrogen) atoms. The fraction of sp³-hybridized carbons (Fsp3) is 0.471. The Morgan fingerprint density at radius 1 is 1.24 bits per heavy atom. The first kappa shape index (κ1) is 13.2. The molecule has 0 bridgehead atoms. The largest absolute Gasteiger partial charge is 0.358 e. The molecule has 1 aromatic carbocycles. The average Bonchev–Trinajstić information content (AvgIpc) is 3.26. The zero-order valence-corrected chi connectivity index (χ0v) is 12.7. The summed E-state index contributed by atoms with van der Waals surface area (Å²) in [4.78, 5) is 17.8. The van der Waals surface area contributed by atoms with E-state index in [0.717, 1.165) is 54.7 Å². The van der Waals surface area contributed by atoms with E-state index < -0.39 is 0 Å². The molecule has 110 valence electrons. The van der Waals surface area contributed by atoms with E-state index in [0.29, 0.717) is 17.7 Å². The third-order valence-corrected chi connectivity index (χ3v) is 4.94. The maximum atomic E-state index is 12.3. The highest BCUT2D eigenvalue weighted by molar-refractivity contribution is 6.31. The van der Waals surface area contributed by atoms with Crippen molar-refractivity contribution in [3.63, 3.8) is 0 Å². The second kappa shape index (κ2) is 5.06. The highest BCUT2D eigenvalue weighted by Gasteiger charge is 2.35. The van der Waals surface area contributed by atoms with E-state index in [-0.39, 0.29) is 0 Å². The van der Waals surface area contributed by atoms with Crippen LogP contribution in [0, 0.1) is 5.92 Å². The Labute approximate surface area is 129 Å². The molecule has 0 radical (unpaired) electrons. The lowest BCUT2D eigenvalue weighted by molar-refractivity contribution is -0.133. The quantitative estimate of drug-likeness (QED) is 0.896. The number of H-pyrrole nitrogens is 1. The van der Waals surface area contributed by atoms with Gasteiger partial charge in [-0.05, 0) is 49.9 Å². The summed E-state index contributed by atoms with van der Waals surface area (Å²) in [5.74, 6) is 1.12. The van der Waals surface area contributed by atoms with Crippen molar-refractivity contribution in [2.45, 2.75) is 31.6 Å². The molecule has 4 heteroatoms. The molecule has 1 unspecified atom stereocenters. The number of amides is 1. The second-order valence-electron chi connectivity index (χ2n) is 6.35. The van der Waals surface area contributed by atoms with Crippen molar-refractivity contribution in [1.29, 1.82) is 0 Å². The molecule has 4 rings (SSSR count). The molecule has 2 aromatic rings. The summed E-state index contributed by atoms with van der Waals surface area (Å²) in [6.45, 7) is 1.79. The van der Waals surface area contributed by atoms with Crippen LogP contribution in [0.15, 0.2) is 24.3 Å². The lowest BCUT2D eigenvalue weighted by Gasteiger charge is -2.32. The average molecular weight is 303 g/mol. The van der Waals surface area contributed by atoms with Crippen molar-refractivity contribution in [2.24, 2.45) is 5.92 Å². The van der Waals surface area contributed by atoms with Crippen LogP contribution in [0.4, 0.5) is 0 Å². The third kappa shape index (κ3) is 2.55. The van der Waals surface area contributed by atoms with Gasteiger partial charge in [0.1, 0.15) is 0 Å². The molecule has 1 saturated heterocycles. The van der Waals surface area contributed by atoms with Gasteiger partial charge in [-0.25, -0.2) is 0 Å². The zero-order chi connectivity index (χ0) is 14.4. The molecule has 1 N–H and O–H groups in total. The van der Waals surface area contributed by atoms with Crippen molar-refractivity contribution in [2.75, 3.05) is 13.1 Å². The number of fused-ring (bicyclic) bond motifs is 1. The summed E-state index contributed by atoms with van der Waals surface area (Å²) in [5, 5.41) is 1.92. The number of nitrogens with one attached hydrogen (secondary N) is 1. The predicted molar refractivity (Wildman–Crippen MR) is 84.6 cm³/mol. The maximum absolute atomic E-state index is 12.3. The first-order chi connectivity index (χ1) is 10.2. The Kier molecular flexibility index (Phi) is 3.18. The number of carbonyl (C=O) groups is 1. The number of hydrogen-bond acceptors (Lipinski definition) is 1. The number of carbonyl (C=O) groups excluding carboxylic acids is 1. The molecule has 2 fully saturated rings. The highest BCUT2D eigenvalue weighted by atomic mass is 35.5. The molecule has 1 aromatic heterocycles. The van der Waals surface area contributed by atoms with Gasteiger partial charge in [-0.15, -0.1) is 0 Å². The van der Waals surface area contributed by atoms with Crippen LogP contribution in [0.1, 0.15) is 37.3 Å². The Morgan fingerprint density at radius 3 is 2.90 bits per heavy atom. The minimum Gasteiger partial charge on any atom is -0.358 e. The van der Waals surface area contributed by atoms with E-state index in [1.54, 1.807) is 0 Å². The first-order valence-corrected chi connectivity index (χ1v) is 8.15. The molecule has 3 nitrogen and oxygen atoms in total. The van der Waals surface area contributed by atoms with Gasteiger partial charge in [0.05, 0.1) is 0 Å². The fourth-order valence-corrected chi connectivity index (χ4v) is 3.55. The van der Waals surface area contributed by atoms with E-state index in [1.807, 2.05) is 18.2 Å². The van der Waals surface area contributed by atoms with Gasteiger partial charge in [0.2, 0.25) is 5.91 Å². The number of hydrogen-bond donors (Lipinski definition) is 1. The number of aromatic amines is 1. The van der Waals surface area contributed by atoms with Crippen molar-refractivity contribution >= 4 is 28.4 Å². The lowest BCUT2D eigenvalue weighted by Crippen LogP contribution is -2.40. The Bertz CT molecular complexity index is 689. The van der Waals surface area contributed by atoms with Gasteiger partial charge in [-0.3, -0.25) is 4.79 Å². The topological polar surface area (TPSA) is 36.1 Å². The molecule has 1 saturated carbocycles. The van der Waals surface area contributed by atoms with Crippen LogP contribution in [0.25, 0.3) is 10.9 Å². The minimum atomic E-state index is 0.324. The van der Waals surface area contributed by atoms with Crippen LogP contribution in [-0.4, -0.2) is 28.9 Å². The fourth-order valence-electron chi connectivity index (χ4n) is 3.37. The summed E-state index contributed by atoms with van der Waals surface area (Å²) in [6.07, 6.45) is 4.42. The SMILES string of the molecule is O=C(C1CC1)N1CCCC(c2cc3cc(Cl)ccc3[nH]2)C1. The van der Waals surface area contributed by atoms with E-state index >= 15 is 0 Å². The second-order valence-corrected chi connectivity index (χ2v) is 6.79. The number of nitrogens with zero attached hydrogens (tertiary/aromatic N) is 1. The summed E-state index contributed by atoms with van der Waals surface area (Å²) < 4.78 is 0. The molecule has 1 atom stereocenters. The summed E-state index contributed by atoms with van der Waals surface area (Å²) in [6, 6.07) is 8.12. The molecule has 2 heterocycles. The highest BCUT2D eigenvalue weighted by Crippen LogP contribution is 2.35. The summed E-state index contributed by atoms with van der Waals surface area (Å²) >= 11 is 6.05. The van der Waals surface area contributed by atoms with Crippen LogP contribution in [-0.2, 0) is 4.79 Å². The van der Waals surface area contributed by atoms with Crippen LogP contribution in [0.5, 0.6) is 0 Å². The number of halogens is 1. The first-order valence-electron chi connectivity index (χ1n) is 7.77. The van der Waals surface area contributed by atoms with E-state index in [9.17, 15) is 4.79 Å². The third-order valence-electron chi connectivity index (χ3n) is 4.70. The number of piperidine rings is 1.